The zero-order chi connectivity index (χ0) is 19.7. The molecule has 1 aromatic heterocycles. The van der Waals surface area contributed by atoms with Crippen LogP contribution >= 0.6 is 0 Å². The number of benzene rings is 2. The van der Waals surface area contributed by atoms with Crippen molar-refractivity contribution < 1.29 is 18.4 Å². The number of anilines is 1. The summed E-state index contributed by atoms with van der Waals surface area (Å²) in [6.45, 7) is 0.824. The molecule has 1 aliphatic rings. The highest BCUT2D eigenvalue weighted by Gasteiger charge is 2.33. The molecule has 3 N–H and O–H groups in total. The van der Waals surface area contributed by atoms with Crippen molar-refractivity contribution in [3.63, 3.8) is 0 Å². The molecule has 144 valence electrons. The highest BCUT2D eigenvalue weighted by Crippen LogP contribution is 2.24. The third-order valence-electron chi connectivity index (χ3n) is 4.53. The van der Waals surface area contributed by atoms with Crippen LogP contribution in [0.2, 0.25) is 0 Å². The predicted octanol–water partition coefficient (Wildman–Crippen LogP) is 0.916. The van der Waals surface area contributed by atoms with Gasteiger partial charge in [0.1, 0.15) is 0 Å². The molecule has 0 spiro atoms. The van der Waals surface area contributed by atoms with Gasteiger partial charge in [-0.05, 0) is 11.5 Å². The number of nitrogens with one attached hydrogen (secondary N) is 2. The Morgan fingerprint density at radius 3 is 2.46 bits per heavy atom. The van der Waals surface area contributed by atoms with Crippen molar-refractivity contribution in [1.29, 1.82) is 0 Å². The molecule has 0 unspecified atom stereocenters. The Kier molecular flexibility index (Phi) is 4.67. The van der Waals surface area contributed by atoms with Crippen LogP contribution in [0.15, 0.2) is 59.8 Å². The molecule has 1 saturated heterocycles. The van der Waals surface area contributed by atoms with Gasteiger partial charge >= 0.3 is 0 Å². The number of nitrogens with zero attached hydrogens (tertiary/aromatic N) is 3. The van der Waals surface area contributed by atoms with Crippen molar-refractivity contribution in [1.82, 2.24) is 20.2 Å². The fourth-order valence-corrected chi connectivity index (χ4v) is 4.54. The molecule has 28 heavy (non-hydrogen) atoms. The molecule has 4 rings (SSSR count). The van der Waals surface area contributed by atoms with Crippen molar-refractivity contribution >= 4 is 32.7 Å². The molecule has 2 aromatic carbocycles. The van der Waals surface area contributed by atoms with Crippen molar-refractivity contribution in [2.75, 3.05) is 18.0 Å². The van der Waals surface area contributed by atoms with Crippen LogP contribution in [0.25, 0.3) is 10.8 Å². The highest BCUT2D eigenvalue weighted by atomic mass is 32.2. The van der Waals surface area contributed by atoms with E-state index in [0.29, 0.717) is 24.4 Å². The largest absolute Gasteiger partial charge is 0.337 e. The maximum atomic E-state index is 12.8. The van der Waals surface area contributed by atoms with Gasteiger partial charge in [0, 0.05) is 30.9 Å². The van der Waals surface area contributed by atoms with E-state index in [-0.39, 0.29) is 16.5 Å². The zero-order valence-electron chi connectivity index (χ0n) is 14.6. The van der Waals surface area contributed by atoms with Gasteiger partial charge in [-0.2, -0.15) is 0 Å². The van der Waals surface area contributed by atoms with Crippen LogP contribution in [0.3, 0.4) is 0 Å². The van der Waals surface area contributed by atoms with E-state index in [1.807, 2.05) is 24.3 Å². The average molecular weight is 399 g/mol. The minimum absolute atomic E-state index is 0.125. The van der Waals surface area contributed by atoms with Crippen LogP contribution in [0, 0.1) is 0 Å². The van der Waals surface area contributed by atoms with Crippen LogP contribution in [-0.2, 0) is 10.0 Å². The van der Waals surface area contributed by atoms with Gasteiger partial charge < -0.3 is 4.90 Å². The van der Waals surface area contributed by atoms with E-state index in [4.69, 9.17) is 5.21 Å². The van der Waals surface area contributed by atoms with E-state index in [2.05, 4.69) is 14.7 Å². The minimum atomic E-state index is -3.67. The number of hydrogen-bond donors (Lipinski definition) is 3. The van der Waals surface area contributed by atoms with E-state index in [9.17, 15) is 13.2 Å². The Morgan fingerprint density at radius 1 is 1.07 bits per heavy atom. The van der Waals surface area contributed by atoms with Crippen LogP contribution < -0.4 is 15.1 Å². The van der Waals surface area contributed by atoms with E-state index >= 15 is 0 Å². The minimum Gasteiger partial charge on any atom is -0.337 e. The number of rotatable bonds is 5. The number of aromatic nitrogens is 2. The van der Waals surface area contributed by atoms with Gasteiger partial charge in [-0.15, -0.1) is 0 Å². The van der Waals surface area contributed by atoms with Gasteiger partial charge in [-0.3, -0.25) is 10.0 Å². The average Bonchev–Trinajstić information content (AvgIpc) is 2.69. The lowest BCUT2D eigenvalue weighted by atomic mass is 10.1. The Bertz CT molecular complexity index is 1120. The summed E-state index contributed by atoms with van der Waals surface area (Å²) in [5, 5.41) is 10.1. The van der Waals surface area contributed by atoms with E-state index in [1.165, 1.54) is 17.9 Å². The summed E-state index contributed by atoms with van der Waals surface area (Å²) in [4.78, 5) is 21.5. The lowest BCUT2D eigenvalue weighted by Crippen LogP contribution is -2.59. The summed E-state index contributed by atoms with van der Waals surface area (Å²) in [7, 11) is -3.67. The topological polar surface area (TPSA) is 125 Å². The first-order chi connectivity index (χ1) is 13.5. The molecule has 1 fully saturated rings. The van der Waals surface area contributed by atoms with Crippen LogP contribution in [0.4, 0.5) is 5.95 Å². The van der Waals surface area contributed by atoms with Gasteiger partial charge in [0.15, 0.2) is 0 Å². The Labute approximate surface area is 161 Å². The number of sulfonamides is 1. The van der Waals surface area contributed by atoms with Crippen LogP contribution in [0.5, 0.6) is 0 Å². The first kappa shape index (κ1) is 18.3. The standard InChI is InChI=1S/C18H17N5O4S/c24-17(21-25)13-8-19-18(20-9-13)23-10-14(11-23)22-28(26,27)16-7-3-5-12-4-1-2-6-15(12)16/h1-9,14,22,25H,10-11H2,(H,21,24). The smallest absolute Gasteiger partial charge is 0.277 e. The Morgan fingerprint density at radius 2 is 1.75 bits per heavy atom. The summed E-state index contributed by atoms with van der Waals surface area (Å²) in [6.07, 6.45) is 2.59. The number of carbonyl (C=O) groups is 1. The second-order valence-corrected chi connectivity index (χ2v) is 8.10. The molecule has 1 aliphatic heterocycles. The van der Waals surface area contributed by atoms with Crippen molar-refractivity contribution in [3.8, 4) is 0 Å². The molecule has 0 bridgehead atoms. The summed E-state index contributed by atoms with van der Waals surface area (Å²) < 4.78 is 28.3. The van der Waals surface area contributed by atoms with Crippen molar-refractivity contribution in [3.05, 3.63) is 60.4 Å². The molecule has 0 saturated carbocycles. The van der Waals surface area contributed by atoms with Gasteiger partial charge in [-0.1, -0.05) is 36.4 Å². The van der Waals surface area contributed by atoms with Crippen LogP contribution in [0.1, 0.15) is 10.4 Å². The normalized spacial score (nSPS) is 14.7. The molecule has 3 aromatic rings. The lowest BCUT2D eigenvalue weighted by molar-refractivity contribution is 0.0705. The third kappa shape index (κ3) is 3.40. The summed E-state index contributed by atoms with van der Waals surface area (Å²) >= 11 is 0. The van der Waals surface area contributed by atoms with E-state index in [0.717, 1.165) is 5.39 Å². The summed E-state index contributed by atoms with van der Waals surface area (Å²) in [6, 6.07) is 12.3. The molecular formula is C18H17N5O4S. The zero-order valence-corrected chi connectivity index (χ0v) is 15.4. The lowest BCUT2D eigenvalue weighted by Gasteiger charge is -2.39. The van der Waals surface area contributed by atoms with E-state index < -0.39 is 15.9 Å². The molecule has 9 nitrogen and oxygen atoms in total. The second kappa shape index (κ2) is 7.15. The first-order valence-electron chi connectivity index (χ1n) is 8.49. The molecule has 2 heterocycles. The molecule has 0 radical (unpaired) electrons. The number of fused-ring (bicyclic) bond motifs is 1. The van der Waals surface area contributed by atoms with Crippen LogP contribution in [-0.4, -0.2) is 48.6 Å². The SMILES string of the molecule is O=C(NO)c1cnc(N2CC(NS(=O)(=O)c3cccc4ccccc34)C2)nc1. The molecule has 10 heteroatoms. The molecule has 1 amide bonds. The molecular weight excluding hydrogens is 382 g/mol. The highest BCUT2D eigenvalue weighted by molar-refractivity contribution is 7.89. The van der Waals surface area contributed by atoms with Gasteiger partial charge in [0.05, 0.1) is 16.5 Å². The number of hydroxylamine groups is 1. The Balaban J connectivity index is 1.44. The fraction of sp³-hybridized carbons (Fsp3) is 0.167. The molecule has 0 atom stereocenters. The number of carbonyl (C=O) groups excluding carboxylic acids is 1. The van der Waals surface area contributed by atoms with Gasteiger partial charge in [-0.25, -0.2) is 28.6 Å². The maximum Gasteiger partial charge on any atom is 0.277 e. The van der Waals surface area contributed by atoms with Crippen molar-refractivity contribution in [2.45, 2.75) is 10.9 Å². The Hall–Kier alpha value is -3.08. The fourth-order valence-electron chi connectivity index (χ4n) is 3.10. The predicted molar refractivity (Wildman–Crippen MR) is 102 cm³/mol. The quantitative estimate of drug-likeness (QED) is 0.430. The number of amides is 1. The summed E-state index contributed by atoms with van der Waals surface area (Å²) in [5.74, 6) is -0.314. The first-order valence-corrected chi connectivity index (χ1v) is 9.98. The van der Waals surface area contributed by atoms with Crippen molar-refractivity contribution in [2.24, 2.45) is 0 Å². The maximum absolute atomic E-state index is 12.8. The third-order valence-corrected chi connectivity index (χ3v) is 6.11. The van der Waals surface area contributed by atoms with Gasteiger partial charge in [0.25, 0.3) is 5.91 Å². The number of hydrogen-bond acceptors (Lipinski definition) is 7. The van der Waals surface area contributed by atoms with E-state index in [1.54, 1.807) is 23.1 Å². The second-order valence-electron chi connectivity index (χ2n) is 6.41. The summed E-state index contributed by atoms with van der Waals surface area (Å²) in [5.41, 5.74) is 1.63. The monoisotopic (exact) mass is 399 g/mol. The molecule has 0 aliphatic carbocycles. The van der Waals surface area contributed by atoms with Gasteiger partial charge in [0.2, 0.25) is 16.0 Å².